The van der Waals surface area contributed by atoms with Gasteiger partial charge < -0.3 is 10.5 Å². The molecular weight excluding hydrogens is 266 g/mol. The van der Waals surface area contributed by atoms with Crippen molar-refractivity contribution < 1.29 is 4.74 Å². The Bertz CT molecular complexity index is 736. The highest BCUT2D eigenvalue weighted by molar-refractivity contribution is 5.60. The van der Waals surface area contributed by atoms with Gasteiger partial charge in [-0.25, -0.2) is 0 Å². The molecule has 0 amide bonds. The maximum Gasteiger partial charge on any atom is 0.187 e. The first kappa shape index (κ1) is 13.1. The van der Waals surface area contributed by atoms with Crippen molar-refractivity contribution in [3.8, 4) is 22.8 Å². The lowest BCUT2D eigenvalue weighted by atomic mass is 10.2. The summed E-state index contributed by atoms with van der Waals surface area (Å²) in [6, 6.07) is 15.1. The molecule has 1 heterocycles. The molecule has 0 atom stereocenters. The second-order valence-electron chi connectivity index (χ2n) is 4.47. The van der Waals surface area contributed by atoms with Gasteiger partial charge in [0.05, 0.1) is 12.3 Å². The van der Waals surface area contributed by atoms with Gasteiger partial charge in [0.15, 0.2) is 5.82 Å². The number of aromatic nitrogens is 4. The highest BCUT2D eigenvalue weighted by atomic mass is 16.5. The number of ether oxygens (including phenoxy) is 1. The first-order valence-electron chi connectivity index (χ1n) is 6.65. The fourth-order valence-corrected chi connectivity index (χ4v) is 2.04. The van der Waals surface area contributed by atoms with Crippen molar-refractivity contribution >= 4 is 5.69 Å². The van der Waals surface area contributed by atoms with Crippen LogP contribution in [-0.4, -0.2) is 26.8 Å². The quantitative estimate of drug-likeness (QED) is 0.742. The number of nitrogens with two attached hydrogens (primary N) is 1. The van der Waals surface area contributed by atoms with Crippen LogP contribution < -0.4 is 10.5 Å². The third-order valence-electron chi connectivity index (χ3n) is 3.01. The molecule has 2 N–H and O–H groups in total. The van der Waals surface area contributed by atoms with Crippen LogP contribution in [0.5, 0.6) is 5.75 Å². The summed E-state index contributed by atoms with van der Waals surface area (Å²) in [7, 11) is 0. The van der Waals surface area contributed by atoms with E-state index in [1.165, 1.54) is 0 Å². The Labute approximate surface area is 122 Å². The predicted molar refractivity (Wildman–Crippen MR) is 80.2 cm³/mol. The number of nitrogen functional groups attached to an aromatic ring is 1. The van der Waals surface area contributed by atoms with Crippen molar-refractivity contribution in [2.24, 2.45) is 0 Å². The van der Waals surface area contributed by atoms with Crippen molar-refractivity contribution in [3.05, 3.63) is 48.5 Å². The molecule has 6 nitrogen and oxygen atoms in total. The van der Waals surface area contributed by atoms with Crippen LogP contribution in [-0.2, 0) is 0 Å². The summed E-state index contributed by atoms with van der Waals surface area (Å²) in [5.41, 5.74) is 8.16. The highest BCUT2D eigenvalue weighted by Gasteiger charge is 2.11. The molecule has 3 aromatic rings. The van der Waals surface area contributed by atoms with Crippen LogP contribution in [0.25, 0.3) is 17.1 Å². The van der Waals surface area contributed by atoms with Crippen LogP contribution in [0.15, 0.2) is 48.5 Å². The summed E-state index contributed by atoms with van der Waals surface area (Å²) in [5, 5.41) is 11.9. The standard InChI is InChI=1S/C15H15N5O/c1-2-21-14-5-3-4-13(10-14)20-15(17-18-19-20)11-6-8-12(16)9-7-11/h3-10H,2,16H2,1H3. The number of hydrogen-bond donors (Lipinski definition) is 1. The largest absolute Gasteiger partial charge is 0.494 e. The zero-order valence-corrected chi connectivity index (χ0v) is 11.6. The summed E-state index contributed by atoms with van der Waals surface area (Å²) >= 11 is 0. The van der Waals surface area contributed by atoms with Crippen LogP contribution in [0.4, 0.5) is 5.69 Å². The van der Waals surface area contributed by atoms with Gasteiger partial charge in [-0.05, 0) is 53.7 Å². The van der Waals surface area contributed by atoms with E-state index in [0.29, 0.717) is 18.1 Å². The average Bonchev–Trinajstić information content (AvgIpc) is 2.98. The molecule has 3 rings (SSSR count). The van der Waals surface area contributed by atoms with Crippen molar-refractivity contribution in [1.29, 1.82) is 0 Å². The van der Waals surface area contributed by atoms with Crippen LogP contribution in [0.2, 0.25) is 0 Å². The molecule has 0 unspecified atom stereocenters. The SMILES string of the molecule is CCOc1cccc(-n2nnnc2-c2ccc(N)cc2)c1. The van der Waals surface area contributed by atoms with Crippen molar-refractivity contribution in [3.63, 3.8) is 0 Å². The van der Waals surface area contributed by atoms with Gasteiger partial charge in [-0.1, -0.05) is 6.07 Å². The summed E-state index contributed by atoms with van der Waals surface area (Å²) < 4.78 is 7.18. The van der Waals surface area contributed by atoms with E-state index in [1.54, 1.807) is 4.68 Å². The van der Waals surface area contributed by atoms with E-state index in [1.807, 2.05) is 55.5 Å². The van der Waals surface area contributed by atoms with Gasteiger partial charge in [-0.15, -0.1) is 5.10 Å². The monoisotopic (exact) mass is 281 g/mol. The number of anilines is 1. The Balaban J connectivity index is 2.02. The molecule has 0 saturated carbocycles. The van der Waals surface area contributed by atoms with Crippen molar-refractivity contribution in [2.45, 2.75) is 6.92 Å². The smallest absolute Gasteiger partial charge is 0.187 e. The Hall–Kier alpha value is -2.89. The lowest BCUT2D eigenvalue weighted by molar-refractivity contribution is 0.340. The normalized spacial score (nSPS) is 10.5. The minimum Gasteiger partial charge on any atom is -0.494 e. The molecule has 1 aromatic heterocycles. The minimum atomic E-state index is 0.615. The van der Waals surface area contributed by atoms with Gasteiger partial charge in [0.25, 0.3) is 0 Å². The van der Waals surface area contributed by atoms with E-state index in [9.17, 15) is 0 Å². The number of tetrazole rings is 1. The summed E-state index contributed by atoms with van der Waals surface area (Å²) in [6.07, 6.45) is 0. The van der Waals surface area contributed by atoms with Gasteiger partial charge in [0.2, 0.25) is 0 Å². The van der Waals surface area contributed by atoms with E-state index >= 15 is 0 Å². The van der Waals surface area contributed by atoms with Gasteiger partial charge in [-0.3, -0.25) is 0 Å². The van der Waals surface area contributed by atoms with E-state index in [-0.39, 0.29) is 0 Å². The fourth-order valence-electron chi connectivity index (χ4n) is 2.04. The molecule has 0 aliphatic carbocycles. The Morgan fingerprint density at radius 2 is 1.95 bits per heavy atom. The molecular formula is C15H15N5O. The van der Waals surface area contributed by atoms with Crippen molar-refractivity contribution in [2.75, 3.05) is 12.3 Å². The number of nitrogens with zero attached hydrogens (tertiary/aromatic N) is 4. The van der Waals surface area contributed by atoms with Gasteiger partial charge in [0.1, 0.15) is 5.75 Å². The molecule has 0 spiro atoms. The van der Waals surface area contributed by atoms with Gasteiger partial charge in [-0.2, -0.15) is 4.68 Å². The average molecular weight is 281 g/mol. The molecule has 0 bridgehead atoms. The molecule has 6 heteroatoms. The first-order valence-corrected chi connectivity index (χ1v) is 6.65. The summed E-state index contributed by atoms with van der Waals surface area (Å²) in [5.74, 6) is 1.44. The molecule has 0 radical (unpaired) electrons. The van der Waals surface area contributed by atoms with Crippen LogP contribution in [0.1, 0.15) is 6.92 Å². The molecule has 106 valence electrons. The Morgan fingerprint density at radius 1 is 1.14 bits per heavy atom. The second-order valence-corrected chi connectivity index (χ2v) is 4.47. The maximum atomic E-state index is 5.71. The van der Waals surface area contributed by atoms with Crippen LogP contribution in [0, 0.1) is 0 Å². The van der Waals surface area contributed by atoms with E-state index < -0.39 is 0 Å². The molecule has 0 aliphatic rings. The zero-order valence-electron chi connectivity index (χ0n) is 11.6. The summed E-state index contributed by atoms with van der Waals surface area (Å²) in [4.78, 5) is 0. The lowest BCUT2D eigenvalue weighted by Gasteiger charge is -2.07. The van der Waals surface area contributed by atoms with Gasteiger partial charge in [0, 0.05) is 17.3 Å². The predicted octanol–water partition coefficient (Wildman–Crippen LogP) is 2.31. The van der Waals surface area contributed by atoms with Crippen molar-refractivity contribution in [1.82, 2.24) is 20.2 Å². The number of rotatable bonds is 4. The fraction of sp³-hybridized carbons (Fsp3) is 0.133. The summed E-state index contributed by atoms with van der Waals surface area (Å²) in [6.45, 7) is 2.56. The third-order valence-corrected chi connectivity index (χ3v) is 3.01. The Kier molecular flexibility index (Phi) is 3.51. The lowest BCUT2D eigenvalue weighted by Crippen LogP contribution is -2.01. The topological polar surface area (TPSA) is 78.8 Å². The third kappa shape index (κ3) is 2.69. The Morgan fingerprint density at radius 3 is 2.71 bits per heavy atom. The maximum absolute atomic E-state index is 5.71. The van der Waals surface area contributed by atoms with Crippen LogP contribution in [0.3, 0.4) is 0 Å². The highest BCUT2D eigenvalue weighted by Crippen LogP contribution is 2.22. The van der Waals surface area contributed by atoms with Gasteiger partial charge >= 0.3 is 0 Å². The number of hydrogen-bond acceptors (Lipinski definition) is 5. The first-order chi connectivity index (χ1) is 10.3. The molecule has 21 heavy (non-hydrogen) atoms. The van der Waals surface area contributed by atoms with E-state index in [4.69, 9.17) is 10.5 Å². The molecule has 0 fully saturated rings. The second kappa shape index (κ2) is 5.62. The van der Waals surface area contributed by atoms with E-state index in [2.05, 4.69) is 15.5 Å². The minimum absolute atomic E-state index is 0.615. The molecule has 2 aromatic carbocycles. The molecule has 0 aliphatic heterocycles. The molecule has 0 saturated heterocycles. The number of benzene rings is 2. The van der Waals surface area contributed by atoms with E-state index in [0.717, 1.165) is 17.0 Å². The zero-order chi connectivity index (χ0) is 14.7. The van der Waals surface area contributed by atoms with Crippen LogP contribution >= 0.6 is 0 Å².